The molecule has 0 atom stereocenters. The standard InChI is InChI=1S/4C16H35OP.Ti/c4*1-3-5-7-9-11-13-15-18(17)16-14-12-10-8-6-4-2;/h4*17H,3-16H2,1-2H3;. The van der Waals surface area contributed by atoms with Gasteiger partial charge in [0.25, 0.3) is 0 Å². The summed E-state index contributed by atoms with van der Waals surface area (Å²) < 4.78 is 0. The molecule has 0 bridgehead atoms. The molecule has 0 unspecified atom stereocenters. The van der Waals surface area contributed by atoms with Gasteiger partial charge in [0.2, 0.25) is 0 Å². The van der Waals surface area contributed by atoms with Gasteiger partial charge in [0.05, 0.1) is 0 Å². The predicted octanol–water partition coefficient (Wildman–Crippen LogP) is 24.4. The molecule has 0 rings (SSSR count). The van der Waals surface area contributed by atoms with E-state index in [9.17, 15) is 19.6 Å². The summed E-state index contributed by atoms with van der Waals surface area (Å²) >= 11 is 0. The van der Waals surface area contributed by atoms with E-state index < -0.39 is 32.6 Å². The van der Waals surface area contributed by atoms with Gasteiger partial charge in [0.15, 0.2) is 0 Å². The maximum absolute atomic E-state index is 9.92. The van der Waals surface area contributed by atoms with E-state index in [1.807, 2.05) is 0 Å². The van der Waals surface area contributed by atoms with Crippen LogP contribution in [0.3, 0.4) is 0 Å². The summed E-state index contributed by atoms with van der Waals surface area (Å²) in [6.07, 6.45) is 73.1. The summed E-state index contributed by atoms with van der Waals surface area (Å²) in [4.78, 5) is 39.7. The van der Waals surface area contributed by atoms with Crippen LogP contribution in [0.4, 0.5) is 0 Å². The Morgan fingerprint density at radius 3 is 0.329 bits per heavy atom. The third-order valence-corrected chi connectivity index (χ3v) is 20.8. The summed E-state index contributed by atoms with van der Waals surface area (Å²) in [7, 11) is -2.52. The van der Waals surface area contributed by atoms with Gasteiger partial charge < -0.3 is 19.6 Å². The fraction of sp³-hybridized carbons (Fsp3) is 1.00. The van der Waals surface area contributed by atoms with Crippen LogP contribution in [0.1, 0.15) is 364 Å². The minimum Gasteiger partial charge on any atom is -0.374 e. The van der Waals surface area contributed by atoms with Crippen LogP contribution in [0, 0.1) is 0 Å². The zero-order chi connectivity index (χ0) is 53.9. The van der Waals surface area contributed by atoms with Crippen molar-refractivity contribution in [3.05, 3.63) is 0 Å². The van der Waals surface area contributed by atoms with Crippen molar-refractivity contribution in [1.29, 1.82) is 0 Å². The van der Waals surface area contributed by atoms with Crippen LogP contribution in [0.25, 0.3) is 0 Å². The molecular weight excluding hydrogens is 1000 g/mol. The number of hydrogen-bond acceptors (Lipinski definition) is 4. The van der Waals surface area contributed by atoms with Gasteiger partial charge in [-0.3, -0.25) is 0 Å². The maximum atomic E-state index is 9.92. The summed E-state index contributed by atoms with van der Waals surface area (Å²) in [6, 6.07) is 0. The maximum Gasteiger partial charge on any atom is 0.0251 e. The van der Waals surface area contributed by atoms with E-state index in [0.29, 0.717) is 0 Å². The summed E-state index contributed by atoms with van der Waals surface area (Å²) in [5.74, 6) is 0. The number of hydrogen-bond donors (Lipinski definition) is 4. The van der Waals surface area contributed by atoms with Crippen LogP contribution in [-0.4, -0.2) is 68.9 Å². The van der Waals surface area contributed by atoms with Crippen molar-refractivity contribution in [2.24, 2.45) is 0 Å². The Morgan fingerprint density at radius 2 is 0.233 bits per heavy atom. The molecule has 0 fully saturated rings. The van der Waals surface area contributed by atoms with Crippen LogP contribution in [-0.2, 0) is 21.7 Å². The SMILES string of the molecule is CCCCCCCCP(O)CCCCCCCC.CCCCCCCCP(O)CCCCCCCC.CCCCCCCCP(O)CCCCCCCC.CCCCCCCCP(O)CCCCCCCC.[Ti]. The Hall–Kier alpha value is 2.27. The quantitative estimate of drug-likeness (QED) is 0.0278. The molecule has 9 heteroatoms. The molecule has 0 spiro atoms. The second-order valence-electron chi connectivity index (χ2n) is 22.0. The molecule has 0 aromatic rings. The van der Waals surface area contributed by atoms with Crippen LogP contribution in [0.2, 0.25) is 0 Å². The summed E-state index contributed by atoms with van der Waals surface area (Å²) in [5.41, 5.74) is 0. The molecule has 0 aliphatic carbocycles. The Labute approximate surface area is 483 Å². The Morgan fingerprint density at radius 1 is 0.151 bits per heavy atom. The van der Waals surface area contributed by atoms with Crippen molar-refractivity contribution in [3.63, 3.8) is 0 Å². The van der Waals surface area contributed by atoms with Crippen molar-refractivity contribution in [1.82, 2.24) is 0 Å². The molecule has 0 amide bonds. The largest absolute Gasteiger partial charge is 0.374 e. The third-order valence-electron chi connectivity index (χ3n) is 14.2. The van der Waals surface area contributed by atoms with E-state index in [4.69, 9.17) is 0 Å². The van der Waals surface area contributed by atoms with Crippen molar-refractivity contribution in [2.45, 2.75) is 364 Å². The van der Waals surface area contributed by atoms with E-state index >= 15 is 0 Å². The zero-order valence-electron chi connectivity index (χ0n) is 51.7. The van der Waals surface area contributed by atoms with Crippen LogP contribution in [0.5, 0.6) is 0 Å². The van der Waals surface area contributed by atoms with E-state index in [1.54, 1.807) is 0 Å². The smallest absolute Gasteiger partial charge is 0.0251 e. The van der Waals surface area contributed by atoms with Gasteiger partial charge in [0, 0.05) is 54.3 Å². The molecule has 0 heterocycles. The molecule has 0 radical (unpaired) electrons. The van der Waals surface area contributed by atoms with Gasteiger partial charge in [-0.25, -0.2) is 0 Å². The van der Waals surface area contributed by atoms with E-state index in [0.717, 1.165) is 49.3 Å². The third kappa shape index (κ3) is 88.3. The molecular formula is C64H140O4P4Ti. The first-order chi connectivity index (χ1) is 35.2. The van der Waals surface area contributed by atoms with Gasteiger partial charge in [0.1, 0.15) is 0 Å². The first-order valence-electron chi connectivity index (χ1n) is 33.0. The van der Waals surface area contributed by atoms with Gasteiger partial charge in [-0.2, -0.15) is 0 Å². The average molecular weight is 1150 g/mol. The molecule has 4 N–H and O–H groups in total. The van der Waals surface area contributed by atoms with Crippen molar-refractivity contribution in [2.75, 3.05) is 49.3 Å². The fourth-order valence-corrected chi connectivity index (χ4v) is 14.6. The second-order valence-corrected chi connectivity index (χ2v) is 29.6. The van der Waals surface area contributed by atoms with Crippen molar-refractivity contribution < 1.29 is 41.3 Å². The average Bonchev–Trinajstić information content (AvgIpc) is 3.38. The van der Waals surface area contributed by atoms with E-state index in [1.165, 1.54) is 308 Å². The Balaban J connectivity index is -0.000000280. The molecule has 444 valence electrons. The van der Waals surface area contributed by atoms with Gasteiger partial charge in [-0.15, -0.1) is 0 Å². The topological polar surface area (TPSA) is 80.9 Å². The summed E-state index contributed by atoms with van der Waals surface area (Å²) in [6.45, 7) is 18.1. The molecule has 0 saturated carbocycles. The molecule has 0 saturated heterocycles. The summed E-state index contributed by atoms with van der Waals surface area (Å²) in [5, 5.41) is 0. The monoisotopic (exact) mass is 1140 g/mol. The van der Waals surface area contributed by atoms with Crippen molar-refractivity contribution >= 4 is 32.6 Å². The molecule has 0 aromatic carbocycles. The minimum absolute atomic E-state index is 0. The fourth-order valence-electron chi connectivity index (χ4n) is 9.04. The number of unbranched alkanes of at least 4 members (excludes halogenated alkanes) is 40. The van der Waals surface area contributed by atoms with Crippen LogP contribution >= 0.6 is 32.6 Å². The van der Waals surface area contributed by atoms with Crippen LogP contribution < -0.4 is 0 Å². The predicted molar refractivity (Wildman–Crippen MR) is 342 cm³/mol. The van der Waals surface area contributed by atoms with Gasteiger partial charge in [-0.05, 0) is 101 Å². The first-order valence-corrected chi connectivity index (χ1v) is 39.6. The normalized spacial score (nSPS) is 11.2. The van der Waals surface area contributed by atoms with Crippen molar-refractivity contribution in [3.8, 4) is 0 Å². The molecule has 0 aliphatic rings. The number of rotatable bonds is 56. The van der Waals surface area contributed by atoms with Gasteiger partial charge in [-0.1, -0.05) is 312 Å². The van der Waals surface area contributed by atoms with Crippen LogP contribution in [0.15, 0.2) is 0 Å². The Kier molecular flexibility index (Phi) is 93.0. The molecule has 0 aromatic heterocycles. The minimum atomic E-state index is -0.630. The Bertz CT molecular complexity index is 680. The molecule has 4 nitrogen and oxygen atoms in total. The molecule has 0 aliphatic heterocycles. The first kappa shape index (κ1) is 84.1. The molecule has 73 heavy (non-hydrogen) atoms. The zero-order valence-corrected chi connectivity index (χ0v) is 56.8. The van der Waals surface area contributed by atoms with E-state index in [-0.39, 0.29) is 21.7 Å². The second kappa shape index (κ2) is 80.8. The van der Waals surface area contributed by atoms with Gasteiger partial charge >= 0.3 is 0 Å². The van der Waals surface area contributed by atoms with E-state index in [2.05, 4.69) is 55.4 Å².